The SMILES string of the molecule is CN(c1ccccc1CCN1CCN(c2nsc3ccccc23)CC1)S(=O)(=O)c1ccc(Cl)cc1. The summed E-state index contributed by atoms with van der Waals surface area (Å²) in [7, 11) is -2.07. The summed E-state index contributed by atoms with van der Waals surface area (Å²) in [5.74, 6) is 1.09. The highest BCUT2D eigenvalue weighted by molar-refractivity contribution is 7.92. The summed E-state index contributed by atoms with van der Waals surface area (Å²) >= 11 is 7.50. The molecule has 4 aromatic rings. The first-order chi connectivity index (χ1) is 16.9. The van der Waals surface area contributed by atoms with Gasteiger partial charge < -0.3 is 4.90 Å². The number of hydrogen-bond acceptors (Lipinski definition) is 6. The van der Waals surface area contributed by atoms with Crippen LogP contribution in [0.3, 0.4) is 0 Å². The third-order valence-electron chi connectivity index (χ3n) is 6.53. The fourth-order valence-electron chi connectivity index (χ4n) is 4.49. The van der Waals surface area contributed by atoms with Crippen LogP contribution in [0.25, 0.3) is 10.1 Å². The number of sulfonamides is 1. The van der Waals surface area contributed by atoms with Crippen LogP contribution in [0, 0.1) is 0 Å². The van der Waals surface area contributed by atoms with Crippen LogP contribution in [-0.2, 0) is 16.4 Å². The zero-order valence-electron chi connectivity index (χ0n) is 19.5. The quantitative estimate of drug-likeness (QED) is 0.334. The Morgan fingerprint density at radius 3 is 2.40 bits per heavy atom. The molecule has 5 rings (SSSR count). The molecule has 6 nitrogen and oxygen atoms in total. The van der Waals surface area contributed by atoms with E-state index in [9.17, 15) is 8.42 Å². The molecule has 0 radical (unpaired) electrons. The maximum atomic E-state index is 13.2. The van der Waals surface area contributed by atoms with Crippen molar-refractivity contribution in [2.24, 2.45) is 0 Å². The highest BCUT2D eigenvalue weighted by Crippen LogP contribution is 2.30. The minimum absolute atomic E-state index is 0.227. The summed E-state index contributed by atoms with van der Waals surface area (Å²) in [6.45, 7) is 4.64. The molecule has 0 amide bonds. The Labute approximate surface area is 215 Å². The van der Waals surface area contributed by atoms with Crippen LogP contribution >= 0.6 is 23.1 Å². The van der Waals surface area contributed by atoms with Crippen LogP contribution in [0.4, 0.5) is 11.5 Å². The van der Waals surface area contributed by atoms with E-state index in [1.807, 2.05) is 24.3 Å². The number of nitrogens with zero attached hydrogens (tertiary/aromatic N) is 4. The number of halogens is 1. The van der Waals surface area contributed by atoms with Gasteiger partial charge in [0.2, 0.25) is 0 Å². The fourth-order valence-corrected chi connectivity index (χ4v) is 6.64. The zero-order valence-corrected chi connectivity index (χ0v) is 21.9. The lowest BCUT2D eigenvalue weighted by molar-refractivity contribution is 0.261. The number of benzene rings is 3. The zero-order chi connectivity index (χ0) is 24.4. The van der Waals surface area contributed by atoms with E-state index in [2.05, 4.69) is 34.1 Å². The van der Waals surface area contributed by atoms with Crippen molar-refractivity contribution in [3.8, 4) is 0 Å². The number of anilines is 2. The molecule has 0 atom stereocenters. The monoisotopic (exact) mass is 526 g/mol. The van der Waals surface area contributed by atoms with Gasteiger partial charge in [-0.3, -0.25) is 9.21 Å². The van der Waals surface area contributed by atoms with Gasteiger partial charge in [0.15, 0.2) is 0 Å². The van der Waals surface area contributed by atoms with Crippen molar-refractivity contribution in [3.05, 3.63) is 83.4 Å². The Morgan fingerprint density at radius 2 is 1.63 bits per heavy atom. The Balaban J connectivity index is 1.24. The molecule has 1 aliphatic rings. The Kier molecular flexibility index (Phi) is 6.98. The molecule has 9 heteroatoms. The number of aromatic nitrogens is 1. The molecule has 0 saturated carbocycles. The fraction of sp³-hybridized carbons (Fsp3) is 0.269. The molecule has 182 valence electrons. The largest absolute Gasteiger partial charge is 0.353 e. The van der Waals surface area contributed by atoms with Gasteiger partial charge in [-0.05, 0) is 66.0 Å². The van der Waals surface area contributed by atoms with Gasteiger partial charge in [0.1, 0.15) is 5.82 Å². The van der Waals surface area contributed by atoms with Gasteiger partial charge in [0, 0.05) is 50.2 Å². The third kappa shape index (κ3) is 5.02. The van der Waals surface area contributed by atoms with Crippen molar-refractivity contribution in [2.45, 2.75) is 11.3 Å². The van der Waals surface area contributed by atoms with Crippen molar-refractivity contribution in [1.82, 2.24) is 9.27 Å². The second kappa shape index (κ2) is 10.1. The first-order valence-electron chi connectivity index (χ1n) is 11.6. The second-order valence-corrected chi connectivity index (χ2v) is 11.8. The molecule has 35 heavy (non-hydrogen) atoms. The van der Waals surface area contributed by atoms with Crippen molar-refractivity contribution in [2.75, 3.05) is 49.0 Å². The van der Waals surface area contributed by atoms with E-state index >= 15 is 0 Å². The van der Waals surface area contributed by atoms with Gasteiger partial charge in [-0.15, -0.1) is 0 Å². The molecule has 0 bridgehead atoms. The maximum Gasteiger partial charge on any atom is 0.264 e. The molecule has 1 saturated heterocycles. The van der Waals surface area contributed by atoms with Crippen LogP contribution in [0.15, 0.2) is 77.7 Å². The van der Waals surface area contributed by atoms with E-state index in [4.69, 9.17) is 16.0 Å². The number of para-hydroxylation sites is 1. The lowest BCUT2D eigenvalue weighted by atomic mass is 10.1. The molecule has 0 aliphatic carbocycles. The highest BCUT2D eigenvalue weighted by atomic mass is 35.5. The number of rotatable bonds is 7. The molecule has 2 heterocycles. The van der Waals surface area contributed by atoms with Crippen LogP contribution in [-0.4, -0.2) is 57.5 Å². The average Bonchev–Trinajstić information content (AvgIpc) is 3.32. The molecule has 3 aromatic carbocycles. The normalized spacial score (nSPS) is 15.0. The van der Waals surface area contributed by atoms with Gasteiger partial charge in [0.05, 0.1) is 15.3 Å². The summed E-state index contributed by atoms with van der Waals surface area (Å²) in [6.07, 6.45) is 0.774. The Morgan fingerprint density at radius 1 is 0.943 bits per heavy atom. The molecule has 0 spiro atoms. The molecule has 1 aliphatic heterocycles. The van der Waals surface area contributed by atoms with Crippen LogP contribution in [0.5, 0.6) is 0 Å². The second-order valence-electron chi connectivity index (χ2n) is 8.64. The molecular weight excluding hydrogens is 500 g/mol. The van der Waals surface area contributed by atoms with Gasteiger partial charge >= 0.3 is 0 Å². The number of fused-ring (bicyclic) bond motifs is 1. The predicted molar refractivity (Wildman–Crippen MR) is 145 cm³/mol. The van der Waals surface area contributed by atoms with Crippen LogP contribution in [0.2, 0.25) is 5.02 Å². The molecule has 0 unspecified atom stereocenters. The Bertz CT molecular complexity index is 1410. The smallest absolute Gasteiger partial charge is 0.264 e. The first-order valence-corrected chi connectivity index (χ1v) is 14.2. The lowest BCUT2D eigenvalue weighted by Gasteiger charge is -2.35. The topological polar surface area (TPSA) is 56.8 Å². The van der Waals surface area contributed by atoms with E-state index in [1.54, 1.807) is 42.8 Å². The van der Waals surface area contributed by atoms with Gasteiger partial charge in [0.25, 0.3) is 10.0 Å². The van der Waals surface area contributed by atoms with Crippen molar-refractivity contribution in [1.29, 1.82) is 0 Å². The average molecular weight is 527 g/mol. The van der Waals surface area contributed by atoms with E-state index in [0.717, 1.165) is 50.5 Å². The van der Waals surface area contributed by atoms with Crippen LogP contribution < -0.4 is 9.21 Å². The predicted octanol–water partition coefficient (Wildman–Crippen LogP) is 5.14. The maximum absolute atomic E-state index is 13.2. The highest BCUT2D eigenvalue weighted by Gasteiger charge is 2.24. The minimum atomic E-state index is -3.68. The minimum Gasteiger partial charge on any atom is -0.353 e. The van der Waals surface area contributed by atoms with E-state index in [0.29, 0.717) is 10.7 Å². The Hall–Kier alpha value is -2.65. The van der Waals surface area contributed by atoms with Crippen molar-refractivity contribution in [3.63, 3.8) is 0 Å². The summed E-state index contributed by atoms with van der Waals surface area (Å²) in [5.41, 5.74) is 1.72. The first kappa shape index (κ1) is 24.1. The van der Waals surface area contributed by atoms with Crippen molar-refractivity contribution >= 4 is 54.7 Å². The van der Waals surface area contributed by atoms with Crippen molar-refractivity contribution < 1.29 is 8.42 Å². The van der Waals surface area contributed by atoms with E-state index in [1.165, 1.54) is 14.4 Å². The lowest BCUT2D eigenvalue weighted by Crippen LogP contribution is -2.47. The summed E-state index contributed by atoms with van der Waals surface area (Å²) < 4.78 is 33.7. The number of hydrogen-bond donors (Lipinski definition) is 0. The van der Waals surface area contributed by atoms with Gasteiger partial charge in [-0.1, -0.05) is 41.9 Å². The van der Waals surface area contributed by atoms with Gasteiger partial charge in [-0.2, -0.15) is 4.37 Å². The molecular formula is C26H27ClN4O2S2. The van der Waals surface area contributed by atoms with E-state index in [-0.39, 0.29) is 4.90 Å². The summed E-state index contributed by atoms with van der Waals surface area (Å²) in [5, 5.41) is 1.74. The standard InChI is InChI=1S/C26H27ClN4O2S2/c1-29(35(32,33)22-12-10-21(27)11-13-22)24-8-4-2-6-20(24)14-15-30-16-18-31(19-17-30)26-23-7-3-5-9-25(23)34-28-26/h2-13H,14-19H2,1H3. The summed E-state index contributed by atoms with van der Waals surface area (Å²) in [4.78, 5) is 5.04. The third-order valence-corrected chi connectivity index (χ3v) is 9.39. The van der Waals surface area contributed by atoms with E-state index < -0.39 is 10.0 Å². The molecule has 0 N–H and O–H groups in total. The van der Waals surface area contributed by atoms with Crippen LogP contribution in [0.1, 0.15) is 5.56 Å². The summed E-state index contributed by atoms with van der Waals surface area (Å²) in [6, 6.07) is 22.4. The van der Waals surface area contributed by atoms with Gasteiger partial charge in [-0.25, -0.2) is 8.42 Å². The molecule has 1 fully saturated rings. The number of piperazine rings is 1. The molecule has 1 aromatic heterocycles.